The maximum atomic E-state index is 6.00. The van der Waals surface area contributed by atoms with Gasteiger partial charge in [-0.1, -0.05) is 12.1 Å². The average molecular weight is 278 g/mol. The molecule has 1 aromatic rings. The Hall–Kier alpha value is -1.10. The lowest BCUT2D eigenvalue weighted by molar-refractivity contribution is 0.0686. The molecule has 1 aliphatic heterocycles. The quantitative estimate of drug-likeness (QED) is 0.866. The molecule has 3 unspecified atom stereocenters. The zero-order valence-electron chi connectivity index (χ0n) is 12.7. The molecule has 0 bridgehead atoms. The van der Waals surface area contributed by atoms with Gasteiger partial charge in [-0.2, -0.15) is 0 Å². The van der Waals surface area contributed by atoms with Crippen molar-refractivity contribution in [2.75, 3.05) is 26.8 Å². The third-order valence-corrected chi connectivity index (χ3v) is 4.15. The molecule has 1 aliphatic rings. The molecular weight excluding hydrogens is 252 g/mol. The van der Waals surface area contributed by atoms with Crippen LogP contribution in [0.3, 0.4) is 0 Å². The molecule has 1 fully saturated rings. The van der Waals surface area contributed by atoms with Crippen LogP contribution in [0.25, 0.3) is 0 Å². The molecule has 1 aromatic carbocycles. The van der Waals surface area contributed by atoms with E-state index in [1.165, 1.54) is 5.56 Å². The van der Waals surface area contributed by atoms with Gasteiger partial charge in [0.1, 0.15) is 5.75 Å². The van der Waals surface area contributed by atoms with Crippen LogP contribution in [-0.4, -0.2) is 43.9 Å². The second-order valence-electron chi connectivity index (χ2n) is 5.35. The van der Waals surface area contributed by atoms with E-state index in [2.05, 4.69) is 31.0 Å². The van der Waals surface area contributed by atoms with Gasteiger partial charge in [0, 0.05) is 25.2 Å². The summed E-state index contributed by atoms with van der Waals surface area (Å²) < 4.78 is 11.2. The first-order chi connectivity index (χ1) is 9.67. The van der Waals surface area contributed by atoms with Crippen molar-refractivity contribution >= 4 is 0 Å². The highest BCUT2D eigenvalue weighted by Gasteiger charge is 2.31. The van der Waals surface area contributed by atoms with Gasteiger partial charge in [0.05, 0.1) is 12.7 Å². The van der Waals surface area contributed by atoms with Gasteiger partial charge in [-0.3, -0.25) is 4.90 Å². The van der Waals surface area contributed by atoms with Gasteiger partial charge in [0.25, 0.3) is 0 Å². The Morgan fingerprint density at radius 1 is 1.40 bits per heavy atom. The summed E-state index contributed by atoms with van der Waals surface area (Å²) in [5.74, 6) is 0.909. The SMILES string of the molecule is CCOc1ccc(C(CN)N(C)C2CCOC2C)cc1. The van der Waals surface area contributed by atoms with Crippen LogP contribution in [0.1, 0.15) is 31.9 Å². The highest BCUT2D eigenvalue weighted by Crippen LogP contribution is 2.28. The first-order valence-corrected chi connectivity index (χ1v) is 7.43. The molecule has 0 spiro atoms. The summed E-state index contributed by atoms with van der Waals surface area (Å²) in [5.41, 5.74) is 7.24. The highest BCUT2D eigenvalue weighted by molar-refractivity contribution is 5.29. The predicted octanol–water partition coefficient (Wildman–Crippen LogP) is 2.19. The molecule has 0 radical (unpaired) electrons. The minimum absolute atomic E-state index is 0.222. The van der Waals surface area contributed by atoms with Crippen LogP contribution in [0.5, 0.6) is 5.75 Å². The second-order valence-corrected chi connectivity index (χ2v) is 5.35. The van der Waals surface area contributed by atoms with Crippen molar-refractivity contribution in [2.24, 2.45) is 5.73 Å². The Balaban J connectivity index is 2.10. The summed E-state index contributed by atoms with van der Waals surface area (Å²) in [4.78, 5) is 2.35. The zero-order chi connectivity index (χ0) is 14.5. The molecule has 3 atom stereocenters. The summed E-state index contributed by atoms with van der Waals surface area (Å²) >= 11 is 0. The van der Waals surface area contributed by atoms with Crippen molar-refractivity contribution in [1.29, 1.82) is 0 Å². The number of likely N-dealkylation sites (N-methyl/N-ethyl adjacent to an activating group) is 1. The molecule has 4 nitrogen and oxygen atoms in total. The van der Waals surface area contributed by atoms with Crippen LogP contribution < -0.4 is 10.5 Å². The molecule has 20 heavy (non-hydrogen) atoms. The smallest absolute Gasteiger partial charge is 0.119 e. The Morgan fingerprint density at radius 2 is 2.10 bits per heavy atom. The van der Waals surface area contributed by atoms with E-state index in [0.29, 0.717) is 19.2 Å². The topological polar surface area (TPSA) is 47.7 Å². The summed E-state index contributed by atoms with van der Waals surface area (Å²) in [6.07, 6.45) is 1.35. The molecule has 0 saturated carbocycles. The number of rotatable bonds is 6. The summed E-state index contributed by atoms with van der Waals surface area (Å²) in [6, 6.07) is 8.92. The molecule has 0 amide bonds. The van der Waals surface area contributed by atoms with E-state index in [1.807, 2.05) is 19.1 Å². The van der Waals surface area contributed by atoms with Crippen LogP contribution in [0.4, 0.5) is 0 Å². The first-order valence-electron chi connectivity index (χ1n) is 7.43. The summed E-state index contributed by atoms with van der Waals surface area (Å²) in [7, 11) is 2.14. The molecule has 4 heteroatoms. The van der Waals surface area contributed by atoms with Crippen molar-refractivity contribution in [2.45, 2.75) is 38.5 Å². The lowest BCUT2D eigenvalue weighted by atomic mass is 10.0. The van der Waals surface area contributed by atoms with Crippen LogP contribution in [0.15, 0.2) is 24.3 Å². The van der Waals surface area contributed by atoms with E-state index in [1.54, 1.807) is 0 Å². The molecule has 2 rings (SSSR count). The van der Waals surface area contributed by atoms with Gasteiger partial charge in [-0.15, -0.1) is 0 Å². The van der Waals surface area contributed by atoms with Gasteiger partial charge in [-0.05, 0) is 45.0 Å². The minimum Gasteiger partial charge on any atom is -0.494 e. The monoisotopic (exact) mass is 278 g/mol. The summed E-state index contributed by atoms with van der Waals surface area (Å²) in [6.45, 7) is 6.27. The van der Waals surface area contributed by atoms with E-state index in [9.17, 15) is 0 Å². The Morgan fingerprint density at radius 3 is 2.60 bits per heavy atom. The molecule has 1 saturated heterocycles. The predicted molar refractivity (Wildman–Crippen MR) is 81.0 cm³/mol. The average Bonchev–Trinajstić information content (AvgIpc) is 2.88. The fraction of sp³-hybridized carbons (Fsp3) is 0.625. The lowest BCUT2D eigenvalue weighted by Crippen LogP contribution is -2.42. The van der Waals surface area contributed by atoms with E-state index in [4.69, 9.17) is 15.2 Å². The van der Waals surface area contributed by atoms with Crippen molar-refractivity contribution in [3.05, 3.63) is 29.8 Å². The molecule has 2 N–H and O–H groups in total. The summed E-state index contributed by atoms with van der Waals surface area (Å²) in [5, 5.41) is 0. The Labute approximate surface area is 121 Å². The van der Waals surface area contributed by atoms with Crippen LogP contribution in [0.2, 0.25) is 0 Å². The maximum absolute atomic E-state index is 6.00. The van der Waals surface area contributed by atoms with Gasteiger partial charge in [0.2, 0.25) is 0 Å². The van der Waals surface area contributed by atoms with Gasteiger partial charge >= 0.3 is 0 Å². The zero-order valence-corrected chi connectivity index (χ0v) is 12.7. The highest BCUT2D eigenvalue weighted by atomic mass is 16.5. The number of nitrogens with zero attached hydrogens (tertiary/aromatic N) is 1. The van der Waals surface area contributed by atoms with Crippen molar-refractivity contribution in [3.8, 4) is 5.75 Å². The fourth-order valence-corrected chi connectivity index (χ4v) is 2.98. The number of hydrogen-bond donors (Lipinski definition) is 1. The number of nitrogens with two attached hydrogens (primary N) is 1. The maximum Gasteiger partial charge on any atom is 0.119 e. The minimum atomic E-state index is 0.222. The lowest BCUT2D eigenvalue weighted by Gasteiger charge is -2.34. The van der Waals surface area contributed by atoms with Crippen LogP contribution >= 0.6 is 0 Å². The van der Waals surface area contributed by atoms with E-state index >= 15 is 0 Å². The third kappa shape index (κ3) is 3.32. The number of hydrogen-bond acceptors (Lipinski definition) is 4. The normalized spacial score (nSPS) is 24.1. The largest absolute Gasteiger partial charge is 0.494 e. The van der Waals surface area contributed by atoms with Gasteiger partial charge in [0.15, 0.2) is 0 Å². The second kappa shape index (κ2) is 7.07. The van der Waals surface area contributed by atoms with Crippen molar-refractivity contribution < 1.29 is 9.47 Å². The van der Waals surface area contributed by atoms with Gasteiger partial charge in [-0.25, -0.2) is 0 Å². The standard InChI is InChI=1S/C16H26N2O2/c1-4-19-14-7-5-13(6-8-14)16(11-17)18(3)15-9-10-20-12(15)2/h5-8,12,15-16H,4,9-11,17H2,1-3H3. The van der Waals surface area contributed by atoms with Crippen molar-refractivity contribution in [1.82, 2.24) is 4.90 Å². The molecule has 0 aromatic heterocycles. The van der Waals surface area contributed by atoms with Crippen LogP contribution in [0, 0.1) is 0 Å². The van der Waals surface area contributed by atoms with Crippen LogP contribution in [-0.2, 0) is 4.74 Å². The number of benzene rings is 1. The molecule has 112 valence electrons. The van der Waals surface area contributed by atoms with E-state index in [0.717, 1.165) is 18.8 Å². The number of ether oxygens (including phenoxy) is 2. The van der Waals surface area contributed by atoms with Gasteiger partial charge < -0.3 is 15.2 Å². The van der Waals surface area contributed by atoms with E-state index < -0.39 is 0 Å². The molecule has 1 heterocycles. The first kappa shape index (κ1) is 15.3. The van der Waals surface area contributed by atoms with E-state index in [-0.39, 0.29) is 12.1 Å². The van der Waals surface area contributed by atoms with Crippen molar-refractivity contribution in [3.63, 3.8) is 0 Å². The Kier molecular flexibility index (Phi) is 5.40. The third-order valence-electron chi connectivity index (χ3n) is 4.15. The molecular formula is C16H26N2O2. The Bertz CT molecular complexity index is 407. The fourth-order valence-electron chi connectivity index (χ4n) is 2.98. The molecule has 0 aliphatic carbocycles.